The second kappa shape index (κ2) is 14.7. The summed E-state index contributed by atoms with van der Waals surface area (Å²) >= 11 is 0. The van der Waals surface area contributed by atoms with Crippen LogP contribution < -0.4 is 11.5 Å². The molecule has 18 heavy (non-hydrogen) atoms. The Labute approximate surface area is 114 Å². The highest BCUT2D eigenvalue weighted by atomic mass is 14.7. The summed E-state index contributed by atoms with van der Waals surface area (Å²) in [5.74, 6) is 0. The first-order chi connectivity index (χ1) is 8.81. The predicted octanol–water partition coefficient (Wildman–Crippen LogP) is 4.14. The molecule has 0 amide bonds. The van der Waals surface area contributed by atoms with Gasteiger partial charge in [-0.05, 0) is 12.8 Å². The lowest BCUT2D eigenvalue weighted by atomic mass is 10.1. The minimum absolute atomic E-state index is 0.0492. The highest BCUT2D eigenvalue weighted by Crippen LogP contribution is 2.11. The van der Waals surface area contributed by atoms with Gasteiger partial charge in [0.25, 0.3) is 0 Å². The molecule has 0 aromatic heterocycles. The van der Waals surface area contributed by atoms with Crippen LogP contribution in [0.5, 0.6) is 0 Å². The third kappa shape index (κ3) is 13.7. The molecule has 0 aliphatic carbocycles. The van der Waals surface area contributed by atoms with Crippen molar-refractivity contribution in [3.63, 3.8) is 0 Å². The van der Waals surface area contributed by atoms with Crippen molar-refractivity contribution in [2.24, 2.45) is 11.5 Å². The Kier molecular flexibility index (Phi) is 14.4. The van der Waals surface area contributed by atoms with Crippen LogP contribution in [-0.2, 0) is 0 Å². The Morgan fingerprint density at radius 2 is 1.33 bits per heavy atom. The van der Waals surface area contributed by atoms with Gasteiger partial charge in [-0.15, -0.1) is 0 Å². The minimum Gasteiger partial charge on any atom is -0.329 e. The molecule has 0 bridgehead atoms. The van der Waals surface area contributed by atoms with Crippen LogP contribution >= 0.6 is 0 Å². The molecule has 0 heterocycles. The average molecular weight is 254 g/mol. The lowest BCUT2D eigenvalue weighted by molar-refractivity contribution is 0.557. The van der Waals surface area contributed by atoms with Crippen molar-refractivity contribution in [1.82, 2.24) is 0 Å². The summed E-state index contributed by atoms with van der Waals surface area (Å²) in [5.41, 5.74) is 11.1. The van der Waals surface area contributed by atoms with E-state index in [-0.39, 0.29) is 6.04 Å². The SMILES string of the molecule is CCCCCCCCCCCCC=CC(N)CN. The fourth-order valence-electron chi connectivity index (χ4n) is 2.10. The van der Waals surface area contributed by atoms with Gasteiger partial charge in [0.1, 0.15) is 0 Å². The molecule has 2 nitrogen and oxygen atoms in total. The van der Waals surface area contributed by atoms with E-state index in [4.69, 9.17) is 11.5 Å². The lowest BCUT2D eigenvalue weighted by Gasteiger charge is -2.02. The standard InChI is InChI=1S/C16H34N2/c1-2-3-4-5-6-7-8-9-10-11-12-13-14-16(18)15-17/h13-14,16H,2-12,15,17-18H2,1H3. The molecular weight excluding hydrogens is 220 g/mol. The van der Waals surface area contributed by atoms with Crippen LogP contribution in [-0.4, -0.2) is 12.6 Å². The molecule has 0 fully saturated rings. The Balaban J connectivity index is 3.05. The smallest absolute Gasteiger partial charge is 0.0348 e. The third-order valence-electron chi connectivity index (χ3n) is 3.38. The van der Waals surface area contributed by atoms with Gasteiger partial charge in [0, 0.05) is 12.6 Å². The van der Waals surface area contributed by atoms with Crippen LogP contribution in [0.1, 0.15) is 77.6 Å². The van der Waals surface area contributed by atoms with Crippen LogP contribution in [0.25, 0.3) is 0 Å². The average Bonchev–Trinajstić information content (AvgIpc) is 2.39. The van der Waals surface area contributed by atoms with Gasteiger partial charge in [0.2, 0.25) is 0 Å². The first-order valence-electron chi connectivity index (χ1n) is 7.93. The Hall–Kier alpha value is -0.340. The normalized spacial score (nSPS) is 13.3. The summed E-state index contributed by atoms with van der Waals surface area (Å²) < 4.78 is 0. The zero-order valence-corrected chi connectivity index (χ0v) is 12.4. The maximum absolute atomic E-state index is 5.69. The maximum Gasteiger partial charge on any atom is 0.0348 e. The van der Waals surface area contributed by atoms with Crippen LogP contribution in [0.2, 0.25) is 0 Å². The summed E-state index contributed by atoms with van der Waals surface area (Å²) in [5, 5.41) is 0. The summed E-state index contributed by atoms with van der Waals surface area (Å²) in [7, 11) is 0. The minimum atomic E-state index is 0.0492. The molecule has 1 unspecified atom stereocenters. The van der Waals surface area contributed by atoms with Gasteiger partial charge < -0.3 is 11.5 Å². The number of nitrogens with two attached hydrogens (primary N) is 2. The van der Waals surface area contributed by atoms with Crippen molar-refractivity contribution in [3.8, 4) is 0 Å². The molecule has 0 aliphatic rings. The van der Waals surface area contributed by atoms with Gasteiger partial charge in [-0.25, -0.2) is 0 Å². The highest BCUT2D eigenvalue weighted by molar-refractivity contribution is 4.91. The van der Waals surface area contributed by atoms with Crippen LogP contribution in [0, 0.1) is 0 Å². The van der Waals surface area contributed by atoms with Gasteiger partial charge in [0.15, 0.2) is 0 Å². The molecule has 108 valence electrons. The molecule has 4 N–H and O–H groups in total. The molecule has 0 radical (unpaired) electrons. The fourth-order valence-corrected chi connectivity index (χ4v) is 2.10. The molecule has 0 saturated carbocycles. The largest absolute Gasteiger partial charge is 0.329 e. The van der Waals surface area contributed by atoms with Crippen molar-refractivity contribution in [2.75, 3.05) is 6.54 Å². The number of hydrogen-bond donors (Lipinski definition) is 2. The van der Waals surface area contributed by atoms with E-state index in [0.717, 1.165) is 6.42 Å². The number of hydrogen-bond acceptors (Lipinski definition) is 2. The van der Waals surface area contributed by atoms with Crippen molar-refractivity contribution >= 4 is 0 Å². The second-order valence-electron chi connectivity index (χ2n) is 5.30. The van der Waals surface area contributed by atoms with E-state index in [1.54, 1.807) is 0 Å². The fraction of sp³-hybridized carbons (Fsp3) is 0.875. The highest BCUT2D eigenvalue weighted by Gasteiger charge is 1.93. The Morgan fingerprint density at radius 1 is 0.833 bits per heavy atom. The van der Waals surface area contributed by atoms with Gasteiger partial charge in [-0.1, -0.05) is 76.9 Å². The van der Waals surface area contributed by atoms with E-state index in [1.807, 2.05) is 6.08 Å². The van der Waals surface area contributed by atoms with Crippen molar-refractivity contribution in [2.45, 2.75) is 83.6 Å². The van der Waals surface area contributed by atoms with Crippen molar-refractivity contribution < 1.29 is 0 Å². The Bertz CT molecular complexity index is 178. The molecule has 0 spiro atoms. The van der Waals surface area contributed by atoms with E-state index in [2.05, 4.69) is 13.0 Å². The number of allylic oxidation sites excluding steroid dienone is 1. The molecule has 0 aromatic rings. The summed E-state index contributed by atoms with van der Waals surface area (Å²) in [6, 6.07) is 0.0492. The van der Waals surface area contributed by atoms with Crippen LogP contribution in [0.3, 0.4) is 0 Å². The predicted molar refractivity (Wildman–Crippen MR) is 82.6 cm³/mol. The first kappa shape index (κ1) is 17.7. The van der Waals surface area contributed by atoms with E-state index >= 15 is 0 Å². The van der Waals surface area contributed by atoms with Gasteiger partial charge >= 0.3 is 0 Å². The zero-order chi connectivity index (χ0) is 13.5. The van der Waals surface area contributed by atoms with E-state index in [1.165, 1.54) is 64.2 Å². The van der Waals surface area contributed by atoms with E-state index < -0.39 is 0 Å². The van der Waals surface area contributed by atoms with Crippen LogP contribution in [0.15, 0.2) is 12.2 Å². The molecule has 1 atom stereocenters. The molecular formula is C16H34N2. The number of unbranched alkanes of at least 4 members (excludes halogenated alkanes) is 10. The van der Waals surface area contributed by atoms with Crippen molar-refractivity contribution in [3.05, 3.63) is 12.2 Å². The lowest BCUT2D eigenvalue weighted by Crippen LogP contribution is -2.26. The number of rotatable bonds is 13. The van der Waals surface area contributed by atoms with Gasteiger partial charge in [0.05, 0.1) is 0 Å². The zero-order valence-electron chi connectivity index (χ0n) is 12.4. The maximum atomic E-state index is 5.69. The Morgan fingerprint density at radius 3 is 1.83 bits per heavy atom. The molecule has 2 heteroatoms. The summed E-state index contributed by atoms with van der Waals surface area (Å²) in [6.07, 6.45) is 19.3. The first-order valence-corrected chi connectivity index (χ1v) is 7.93. The summed E-state index contributed by atoms with van der Waals surface area (Å²) in [4.78, 5) is 0. The second-order valence-corrected chi connectivity index (χ2v) is 5.30. The van der Waals surface area contributed by atoms with Gasteiger partial charge in [-0.2, -0.15) is 0 Å². The van der Waals surface area contributed by atoms with E-state index in [9.17, 15) is 0 Å². The monoisotopic (exact) mass is 254 g/mol. The topological polar surface area (TPSA) is 52.0 Å². The molecule has 0 saturated heterocycles. The van der Waals surface area contributed by atoms with E-state index in [0.29, 0.717) is 6.54 Å². The van der Waals surface area contributed by atoms with Gasteiger partial charge in [-0.3, -0.25) is 0 Å². The molecule has 0 rings (SSSR count). The molecule has 0 aromatic carbocycles. The molecule has 0 aliphatic heterocycles. The van der Waals surface area contributed by atoms with Crippen LogP contribution in [0.4, 0.5) is 0 Å². The third-order valence-corrected chi connectivity index (χ3v) is 3.38. The summed E-state index contributed by atoms with van der Waals surface area (Å²) in [6.45, 7) is 2.82. The quantitative estimate of drug-likeness (QED) is 0.383. The van der Waals surface area contributed by atoms with Crippen molar-refractivity contribution in [1.29, 1.82) is 0 Å².